The molecule has 9 heteroatoms. The van der Waals surface area contributed by atoms with Gasteiger partial charge in [-0.1, -0.05) is 53.9 Å². The number of benzene rings is 4. The minimum Gasteiger partial charge on any atom is -0.465 e. The predicted molar refractivity (Wildman–Crippen MR) is 155 cm³/mol. The van der Waals surface area contributed by atoms with E-state index in [9.17, 15) is 18.7 Å². The zero-order valence-corrected chi connectivity index (χ0v) is 22.9. The molecular formula is C31H24F2N2O3S2. The summed E-state index contributed by atoms with van der Waals surface area (Å²) < 4.78 is 31.1. The summed E-state index contributed by atoms with van der Waals surface area (Å²) in [5, 5.41) is 11.2. The number of carbonyl (C=O) groups is 1. The van der Waals surface area contributed by atoms with E-state index in [1.807, 2.05) is 48.8 Å². The lowest BCUT2D eigenvalue weighted by Crippen LogP contribution is -2.02. The summed E-state index contributed by atoms with van der Waals surface area (Å²) in [6, 6.07) is 24.3. The van der Waals surface area contributed by atoms with Crippen molar-refractivity contribution in [2.75, 3.05) is 7.11 Å². The highest BCUT2D eigenvalue weighted by Crippen LogP contribution is 2.37. The quantitative estimate of drug-likeness (QED) is 0.175. The van der Waals surface area contributed by atoms with Gasteiger partial charge in [0.1, 0.15) is 11.6 Å². The van der Waals surface area contributed by atoms with Gasteiger partial charge in [-0.15, -0.1) is 0 Å². The number of carbonyl (C=O) groups excluding carboxylic acids is 1. The lowest BCUT2D eigenvalue weighted by molar-refractivity contribution is 0.0596. The highest BCUT2D eigenvalue weighted by atomic mass is 32.2. The summed E-state index contributed by atoms with van der Waals surface area (Å²) in [6.45, 7) is 0.0140. The van der Waals surface area contributed by atoms with Crippen LogP contribution in [-0.4, -0.2) is 28.2 Å². The number of aliphatic hydroxyl groups excluding tert-OH is 1. The first-order valence-corrected chi connectivity index (χ1v) is 13.8. The van der Waals surface area contributed by atoms with Gasteiger partial charge in [0, 0.05) is 53.8 Å². The van der Waals surface area contributed by atoms with Gasteiger partial charge in [0.15, 0.2) is 0 Å². The van der Waals surface area contributed by atoms with E-state index in [-0.39, 0.29) is 24.2 Å². The minimum atomic E-state index is -0.371. The van der Waals surface area contributed by atoms with Gasteiger partial charge in [-0.25, -0.2) is 13.6 Å². The van der Waals surface area contributed by atoms with Crippen molar-refractivity contribution in [3.8, 4) is 0 Å². The second-order valence-corrected chi connectivity index (χ2v) is 10.8. The number of rotatable bonds is 6. The van der Waals surface area contributed by atoms with Crippen molar-refractivity contribution < 1.29 is 23.4 Å². The van der Waals surface area contributed by atoms with E-state index in [1.165, 1.54) is 43.1 Å². The number of aromatic amines is 2. The van der Waals surface area contributed by atoms with E-state index in [0.717, 1.165) is 47.0 Å². The van der Waals surface area contributed by atoms with Crippen LogP contribution < -0.4 is 0 Å². The van der Waals surface area contributed by atoms with Crippen LogP contribution in [0, 0.1) is 11.6 Å². The highest BCUT2D eigenvalue weighted by Gasteiger charge is 2.14. The van der Waals surface area contributed by atoms with Crippen molar-refractivity contribution in [3.63, 3.8) is 0 Å². The Kier molecular flexibility index (Phi) is 8.54. The van der Waals surface area contributed by atoms with Gasteiger partial charge in [-0.3, -0.25) is 0 Å². The maximum atomic E-state index is 13.2. The normalized spacial score (nSPS) is 10.9. The average Bonchev–Trinajstić information content (AvgIpc) is 3.56. The number of esters is 1. The summed E-state index contributed by atoms with van der Waals surface area (Å²) in [4.78, 5) is 21.6. The van der Waals surface area contributed by atoms with Crippen LogP contribution in [0.5, 0.6) is 0 Å². The summed E-state index contributed by atoms with van der Waals surface area (Å²) >= 11 is 3.01. The Morgan fingerprint density at radius 1 is 0.750 bits per heavy atom. The number of halogens is 2. The maximum absolute atomic E-state index is 13.2. The SMILES string of the molecule is COC(=O)c1ccccc1Sc1c[nH]c2cc(F)ccc12.OCc1ccccc1Sc1c[nH]c2cc(F)ccc12. The zero-order valence-electron chi connectivity index (χ0n) is 21.3. The molecule has 0 spiro atoms. The van der Waals surface area contributed by atoms with Crippen LogP contribution in [0.2, 0.25) is 0 Å². The number of hydrogen-bond acceptors (Lipinski definition) is 5. The van der Waals surface area contributed by atoms with Crippen LogP contribution in [0.3, 0.4) is 0 Å². The van der Waals surface area contributed by atoms with Crippen LogP contribution in [0.15, 0.2) is 117 Å². The van der Waals surface area contributed by atoms with Gasteiger partial charge >= 0.3 is 5.97 Å². The number of aromatic nitrogens is 2. The molecule has 40 heavy (non-hydrogen) atoms. The van der Waals surface area contributed by atoms with Gasteiger partial charge in [0.2, 0.25) is 0 Å². The van der Waals surface area contributed by atoms with Gasteiger partial charge in [0.25, 0.3) is 0 Å². The van der Waals surface area contributed by atoms with Crippen molar-refractivity contribution in [1.29, 1.82) is 0 Å². The van der Waals surface area contributed by atoms with Crippen molar-refractivity contribution in [3.05, 3.63) is 120 Å². The monoisotopic (exact) mass is 574 g/mol. The van der Waals surface area contributed by atoms with Crippen LogP contribution >= 0.6 is 23.5 Å². The number of hydrogen-bond donors (Lipinski definition) is 3. The lowest BCUT2D eigenvalue weighted by Gasteiger charge is -2.06. The molecule has 0 aliphatic rings. The second kappa shape index (κ2) is 12.4. The first-order valence-electron chi connectivity index (χ1n) is 12.2. The standard InChI is InChI=1S/C16H12FNO2S.C15H12FNOS/c1-20-16(19)12-4-2-3-5-14(12)21-15-9-18-13-8-10(17)6-7-11(13)15;16-11-5-6-12-13(7-11)17-8-15(12)19-14-4-2-1-3-10(14)9-18/h2-9,18H,1H3;1-8,17-18H,9H2. The fourth-order valence-corrected chi connectivity index (χ4v) is 6.22. The Morgan fingerprint density at radius 2 is 1.27 bits per heavy atom. The molecule has 0 saturated carbocycles. The van der Waals surface area contributed by atoms with Crippen molar-refractivity contribution in [2.45, 2.75) is 26.2 Å². The molecule has 0 saturated heterocycles. The Balaban J connectivity index is 0.000000162. The molecule has 0 amide bonds. The van der Waals surface area contributed by atoms with Crippen LogP contribution in [0.25, 0.3) is 21.8 Å². The lowest BCUT2D eigenvalue weighted by atomic mass is 10.2. The molecule has 0 atom stereocenters. The molecule has 202 valence electrons. The van der Waals surface area contributed by atoms with E-state index < -0.39 is 0 Å². The highest BCUT2D eigenvalue weighted by molar-refractivity contribution is 8.00. The Morgan fingerprint density at radius 3 is 1.85 bits per heavy atom. The molecular weight excluding hydrogens is 550 g/mol. The zero-order chi connectivity index (χ0) is 28.1. The van der Waals surface area contributed by atoms with Crippen molar-refractivity contribution in [2.24, 2.45) is 0 Å². The summed E-state index contributed by atoms with van der Waals surface area (Å²) in [5.41, 5.74) is 2.92. The number of ether oxygens (including phenoxy) is 1. The number of methoxy groups -OCH3 is 1. The number of fused-ring (bicyclic) bond motifs is 2. The molecule has 4 aromatic carbocycles. The summed E-state index contributed by atoms with van der Waals surface area (Å²) in [7, 11) is 1.36. The molecule has 0 unspecified atom stereocenters. The number of aliphatic hydroxyl groups is 1. The second-order valence-electron chi connectivity index (χ2n) is 8.64. The van der Waals surface area contributed by atoms with Crippen LogP contribution in [0.4, 0.5) is 8.78 Å². The molecule has 0 fully saturated rings. The van der Waals surface area contributed by atoms with Gasteiger partial charge in [-0.2, -0.15) is 0 Å². The van der Waals surface area contributed by atoms with E-state index in [0.29, 0.717) is 5.56 Å². The van der Waals surface area contributed by atoms with Crippen molar-refractivity contribution >= 4 is 51.3 Å². The third-order valence-electron chi connectivity index (χ3n) is 6.09. The third kappa shape index (κ3) is 6.07. The van der Waals surface area contributed by atoms with Gasteiger partial charge in [0.05, 0.1) is 19.3 Å². The molecule has 2 heterocycles. The first-order chi connectivity index (χ1) is 19.5. The molecule has 6 rings (SSSR count). The molecule has 2 aromatic heterocycles. The molecule has 5 nitrogen and oxygen atoms in total. The third-order valence-corrected chi connectivity index (χ3v) is 8.40. The molecule has 0 aliphatic carbocycles. The molecule has 0 aliphatic heterocycles. The number of nitrogens with one attached hydrogen (secondary N) is 2. The van der Waals surface area contributed by atoms with Crippen LogP contribution in [-0.2, 0) is 11.3 Å². The predicted octanol–water partition coefficient (Wildman–Crippen LogP) is 8.20. The summed E-state index contributed by atoms with van der Waals surface area (Å²) in [6.07, 6.45) is 3.67. The first kappa shape index (κ1) is 27.5. The fourth-order valence-electron chi connectivity index (χ4n) is 4.12. The largest absolute Gasteiger partial charge is 0.465 e. The Labute approximate surface area is 237 Å². The average molecular weight is 575 g/mol. The summed E-state index contributed by atoms with van der Waals surface area (Å²) in [5.74, 6) is -0.901. The molecule has 0 radical (unpaired) electrons. The van der Waals surface area contributed by atoms with E-state index in [2.05, 4.69) is 9.97 Å². The van der Waals surface area contributed by atoms with Crippen LogP contribution in [0.1, 0.15) is 15.9 Å². The smallest absolute Gasteiger partial charge is 0.339 e. The Hall–Kier alpha value is -4.05. The number of H-pyrrole nitrogens is 2. The van der Waals surface area contributed by atoms with Gasteiger partial charge in [-0.05, 0) is 60.2 Å². The molecule has 3 N–H and O–H groups in total. The minimum absolute atomic E-state index is 0.0140. The fraction of sp³-hybridized carbons (Fsp3) is 0.0645. The van der Waals surface area contributed by atoms with Crippen molar-refractivity contribution in [1.82, 2.24) is 9.97 Å². The topological polar surface area (TPSA) is 78.1 Å². The molecule has 6 aromatic rings. The van der Waals surface area contributed by atoms with E-state index in [1.54, 1.807) is 36.0 Å². The van der Waals surface area contributed by atoms with Gasteiger partial charge < -0.3 is 19.8 Å². The van der Waals surface area contributed by atoms with E-state index in [4.69, 9.17) is 4.74 Å². The molecule has 0 bridgehead atoms. The maximum Gasteiger partial charge on any atom is 0.339 e. The van der Waals surface area contributed by atoms with E-state index >= 15 is 0 Å². The Bertz CT molecular complexity index is 1800.